The number of aromatic nitrogens is 1. The molecule has 0 bridgehead atoms. The molecule has 0 aliphatic carbocycles. The largest absolute Gasteiger partial charge is 0.503 e. The smallest absolute Gasteiger partial charge is 0.410 e. The number of aliphatic hydroxyl groups excluding tert-OH is 1. The molecular weight excluding hydrogens is 362 g/mol. The van der Waals surface area contributed by atoms with Crippen LogP contribution in [0.4, 0.5) is 4.79 Å². The summed E-state index contributed by atoms with van der Waals surface area (Å²) in [5, 5.41) is 21.1. The van der Waals surface area contributed by atoms with E-state index >= 15 is 0 Å². The van der Waals surface area contributed by atoms with Crippen molar-refractivity contribution < 1.29 is 19.7 Å². The van der Waals surface area contributed by atoms with Crippen LogP contribution < -0.4 is 10.9 Å². The van der Waals surface area contributed by atoms with Crippen molar-refractivity contribution in [2.75, 3.05) is 25.1 Å². The Morgan fingerprint density at radius 1 is 1.21 bits per heavy atom. The van der Waals surface area contributed by atoms with Crippen molar-refractivity contribution >= 4 is 6.09 Å². The van der Waals surface area contributed by atoms with Gasteiger partial charge in [0.1, 0.15) is 18.4 Å². The van der Waals surface area contributed by atoms with E-state index in [1.807, 2.05) is 30.3 Å². The van der Waals surface area contributed by atoms with Crippen LogP contribution in [0.15, 0.2) is 47.4 Å². The average molecular weight is 385 g/mol. The lowest BCUT2D eigenvalue weighted by Crippen LogP contribution is -2.52. The molecule has 8 heteroatoms. The predicted molar refractivity (Wildman–Crippen MR) is 101 cm³/mol. The molecule has 3 heterocycles. The van der Waals surface area contributed by atoms with Crippen LogP contribution in [0.5, 0.6) is 5.75 Å². The number of aromatic hydroxyl groups is 1. The standard InChI is InChI=1S/C20H23N3O5/c24-15-6-9-23-16(17(15)25)18(26)20(13-21-23)7-10-22(11-8-20)19(27)28-12-14-4-2-1-3-5-14/h1-6,9,18,21,25-26H,7-8,10-13H2. The Balaban J connectivity index is 1.41. The van der Waals surface area contributed by atoms with Crippen molar-refractivity contribution in [1.82, 2.24) is 9.58 Å². The summed E-state index contributed by atoms with van der Waals surface area (Å²) < 4.78 is 6.88. The van der Waals surface area contributed by atoms with Crippen LogP contribution in [0, 0.1) is 5.41 Å². The summed E-state index contributed by atoms with van der Waals surface area (Å²) in [4.78, 5) is 25.8. The van der Waals surface area contributed by atoms with Gasteiger partial charge in [-0.2, -0.15) is 0 Å². The Morgan fingerprint density at radius 3 is 2.64 bits per heavy atom. The first kappa shape index (κ1) is 18.4. The number of benzene rings is 1. The molecule has 1 fully saturated rings. The van der Waals surface area contributed by atoms with Crippen molar-refractivity contribution in [2.24, 2.45) is 5.41 Å². The minimum atomic E-state index is -0.995. The van der Waals surface area contributed by atoms with Crippen LogP contribution in [0.1, 0.15) is 30.2 Å². The van der Waals surface area contributed by atoms with Crippen LogP contribution >= 0.6 is 0 Å². The van der Waals surface area contributed by atoms with Crippen LogP contribution in [-0.4, -0.2) is 45.5 Å². The van der Waals surface area contributed by atoms with Gasteiger partial charge in [0.15, 0.2) is 5.75 Å². The number of hydrogen-bond acceptors (Lipinski definition) is 6. The molecular formula is C20H23N3O5. The predicted octanol–water partition coefficient (Wildman–Crippen LogP) is 1.56. The van der Waals surface area contributed by atoms with Crippen LogP contribution in [0.2, 0.25) is 0 Å². The van der Waals surface area contributed by atoms with Gasteiger partial charge in [-0.3, -0.25) is 9.47 Å². The van der Waals surface area contributed by atoms with E-state index < -0.39 is 22.7 Å². The van der Waals surface area contributed by atoms with E-state index in [2.05, 4.69) is 5.43 Å². The Bertz CT molecular complexity index is 919. The summed E-state index contributed by atoms with van der Waals surface area (Å²) in [7, 11) is 0. The molecule has 1 unspecified atom stereocenters. The molecule has 3 N–H and O–H groups in total. The summed E-state index contributed by atoms with van der Waals surface area (Å²) in [6, 6.07) is 10.7. The van der Waals surface area contributed by atoms with E-state index in [1.54, 1.807) is 4.90 Å². The SMILES string of the molecule is O=C(OCc1ccccc1)N1CCC2(CC1)CNn1ccc(=O)c(O)c1C2O. The number of carbonyl (C=O) groups is 1. The third kappa shape index (κ3) is 3.20. The first-order valence-electron chi connectivity index (χ1n) is 9.32. The molecule has 1 spiro atoms. The van der Waals surface area contributed by atoms with E-state index in [0.717, 1.165) is 5.56 Å². The maximum Gasteiger partial charge on any atom is 0.410 e. The zero-order valence-electron chi connectivity index (χ0n) is 15.4. The number of piperidine rings is 1. The first-order valence-corrected chi connectivity index (χ1v) is 9.32. The van der Waals surface area contributed by atoms with Crippen LogP contribution in [-0.2, 0) is 11.3 Å². The number of rotatable bonds is 2. The molecule has 2 aliphatic heterocycles. The number of fused-ring (bicyclic) bond motifs is 1. The molecule has 1 saturated heterocycles. The molecule has 8 nitrogen and oxygen atoms in total. The minimum absolute atomic E-state index is 0.179. The number of nitrogens with one attached hydrogen (secondary N) is 1. The van der Waals surface area contributed by atoms with E-state index in [4.69, 9.17) is 4.74 Å². The second-order valence-electron chi connectivity index (χ2n) is 7.41. The Labute approximate surface area is 161 Å². The molecule has 1 aromatic carbocycles. The molecule has 0 saturated carbocycles. The van der Waals surface area contributed by atoms with E-state index in [0.29, 0.717) is 32.5 Å². The lowest BCUT2D eigenvalue weighted by atomic mass is 9.71. The first-order chi connectivity index (χ1) is 13.5. The fourth-order valence-corrected chi connectivity index (χ4v) is 3.97. The van der Waals surface area contributed by atoms with Gasteiger partial charge in [0.2, 0.25) is 5.43 Å². The molecule has 0 radical (unpaired) electrons. The number of amides is 1. The van der Waals surface area contributed by atoms with Gasteiger partial charge in [-0.15, -0.1) is 0 Å². The van der Waals surface area contributed by atoms with E-state index in [1.165, 1.54) is 16.9 Å². The average Bonchev–Trinajstić information content (AvgIpc) is 2.73. The highest BCUT2D eigenvalue weighted by Crippen LogP contribution is 2.46. The number of nitrogens with zero attached hydrogens (tertiary/aromatic N) is 2. The Hall–Kier alpha value is -3.00. The van der Waals surface area contributed by atoms with E-state index in [9.17, 15) is 19.8 Å². The molecule has 148 valence electrons. The van der Waals surface area contributed by atoms with Gasteiger partial charge < -0.3 is 25.3 Å². The van der Waals surface area contributed by atoms with Gasteiger partial charge in [0.05, 0.1) is 0 Å². The number of carbonyl (C=O) groups excluding carboxylic acids is 1. The minimum Gasteiger partial charge on any atom is -0.503 e. The van der Waals surface area contributed by atoms with Gasteiger partial charge in [0, 0.05) is 37.3 Å². The normalized spacial score (nSPS) is 20.3. The van der Waals surface area contributed by atoms with Crippen molar-refractivity contribution in [3.8, 4) is 5.75 Å². The zero-order chi connectivity index (χ0) is 19.7. The van der Waals surface area contributed by atoms with Crippen LogP contribution in [0.3, 0.4) is 0 Å². The second-order valence-corrected chi connectivity index (χ2v) is 7.41. The second kappa shape index (κ2) is 7.20. The van der Waals surface area contributed by atoms with Gasteiger partial charge in [0.25, 0.3) is 0 Å². The molecule has 2 aliphatic rings. The number of ether oxygens (including phenoxy) is 1. The van der Waals surface area contributed by atoms with Crippen molar-refractivity contribution in [3.63, 3.8) is 0 Å². The number of hydrogen-bond donors (Lipinski definition) is 3. The summed E-state index contributed by atoms with van der Waals surface area (Å²) in [6.45, 7) is 1.57. The Kier molecular flexibility index (Phi) is 4.72. The van der Waals surface area contributed by atoms with Gasteiger partial charge >= 0.3 is 6.09 Å². The third-order valence-corrected chi connectivity index (χ3v) is 5.77. The summed E-state index contributed by atoms with van der Waals surface area (Å²) in [5.74, 6) is -0.439. The zero-order valence-corrected chi connectivity index (χ0v) is 15.4. The molecule has 4 rings (SSSR count). The molecule has 28 heavy (non-hydrogen) atoms. The highest BCUT2D eigenvalue weighted by molar-refractivity contribution is 5.67. The maximum absolute atomic E-state index is 12.4. The van der Waals surface area contributed by atoms with Crippen molar-refractivity contribution in [2.45, 2.75) is 25.6 Å². The fourth-order valence-electron chi connectivity index (χ4n) is 3.97. The summed E-state index contributed by atoms with van der Waals surface area (Å²) in [6.07, 6.45) is 1.19. The monoisotopic (exact) mass is 385 g/mol. The lowest BCUT2D eigenvalue weighted by molar-refractivity contribution is -0.0326. The van der Waals surface area contributed by atoms with Gasteiger partial charge in [-0.25, -0.2) is 4.79 Å². The summed E-state index contributed by atoms with van der Waals surface area (Å²) >= 11 is 0. The lowest BCUT2D eigenvalue weighted by Gasteiger charge is -2.47. The molecule has 1 atom stereocenters. The Morgan fingerprint density at radius 2 is 1.93 bits per heavy atom. The summed E-state index contributed by atoms with van der Waals surface area (Å²) in [5.41, 5.74) is 3.16. The van der Waals surface area contributed by atoms with Crippen molar-refractivity contribution in [3.05, 3.63) is 64.1 Å². The quantitative estimate of drug-likeness (QED) is 0.725. The third-order valence-electron chi connectivity index (χ3n) is 5.77. The van der Waals surface area contributed by atoms with Gasteiger partial charge in [-0.05, 0) is 18.4 Å². The fraction of sp³-hybridized carbons (Fsp3) is 0.400. The number of aliphatic hydroxyl groups is 1. The number of pyridine rings is 1. The molecule has 1 amide bonds. The molecule has 2 aromatic rings. The van der Waals surface area contributed by atoms with E-state index in [-0.39, 0.29) is 18.4 Å². The molecule has 1 aromatic heterocycles. The van der Waals surface area contributed by atoms with Crippen LogP contribution in [0.25, 0.3) is 0 Å². The van der Waals surface area contributed by atoms with Gasteiger partial charge in [-0.1, -0.05) is 30.3 Å². The topological polar surface area (TPSA) is 104 Å². The maximum atomic E-state index is 12.4. The number of likely N-dealkylation sites (tertiary alicyclic amines) is 1. The van der Waals surface area contributed by atoms with Crippen molar-refractivity contribution in [1.29, 1.82) is 0 Å². The highest BCUT2D eigenvalue weighted by atomic mass is 16.6. The highest BCUT2D eigenvalue weighted by Gasteiger charge is 2.47.